The summed E-state index contributed by atoms with van der Waals surface area (Å²) >= 11 is 12.6. The highest BCUT2D eigenvalue weighted by atomic mass is 35.5. The first-order valence-electron chi connectivity index (χ1n) is 3.18. The molecule has 1 aliphatic heterocycles. The van der Waals surface area contributed by atoms with E-state index < -0.39 is 3.67 Å². The molecule has 1 aliphatic rings. The first-order chi connectivity index (χ1) is 5.61. The Hall–Kier alpha value is -0.250. The summed E-state index contributed by atoms with van der Waals surface area (Å²) in [6.45, 7) is 0. The molecule has 2 nitrogen and oxygen atoms in total. The Balaban J connectivity index is 2.66. The van der Waals surface area contributed by atoms with Gasteiger partial charge in [0.2, 0.25) is 8.78 Å². The number of carbonyl (C=O) groups excluding carboxylic acids is 1. The van der Waals surface area contributed by atoms with Gasteiger partial charge in [-0.1, -0.05) is 23.2 Å². The lowest BCUT2D eigenvalue weighted by Gasteiger charge is -2.07. The van der Waals surface area contributed by atoms with Crippen LogP contribution in [0.2, 0.25) is 0 Å². The van der Waals surface area contributed by atoms with Gasteiger partial charge in [-0.15, -0.1) is 0 Å². The number of nitrogens with zero attached hydrogens (tertiary/aromatic N) is 1. The normalized spacial score (nSPS) is 19.3. The summed E-state index contributed by atoms with van der Waals surface area (Å²) in [6, 6.07) is 3.36. The minimum Gasteiger partial charge on any atom is -0.281 e. The fourth-order valence-electron chi connectivity index (χ4n) is 1.02. The van der Waals surface area contributed by atoms with Crippen molar-refractivity contribution in [3.05, 3.63) is 29.6 Å². The van der Waals surface area contributed by atoms with Crippen LogP contribution in [0.15, 0.2) is 18.3 Å². The van der Waals surface area contributed by atoms with Crippen molar-refractivity contribution in [1.82, 2.24) is 4.98 Å². The summed E-state index contributed by atoms with van der Waals surface area (Å²) in [5.74, 6) is 0. The van der Waals surface area contributed by atoms with Gasteiger partial charge in [0.1, 0.15) is 0 Å². The molecule has 0 N–H and O–H groups in total. The molecule has 12 heavy (non-hydrogen) atoms. The number of pyridine rings is 1. The van der Waals surface area contributed by atoms with Crippen LogP contribution in [0.1, 0.15) is 16.1 Å². The van der Waals surface area contributed by atoms with Gasteiger partial charge in [-0.05, 0) is 23.9 Å². The highest BCUT2D eigenvalue weighted by Crippen LogP contribution is 2.51. The van der Waals surface area contributed by atoms with Gasteiger partial charge in [-0.2, -0.15) is 0 Å². The quantitative estimate of drug-likeness (QED) is 0.629. The summed E-state index contributed by atoms with van der Waals surface area (Å²) in [7, 11) is 0. The Kier molecular flexibility index (Phi) is 1.82. The molecule has 0 atom stereocenters. The number of thioether (sulfide) groups is 1. The van der Waals surface area contributed by atoms with Gasteiger partial charge in [0.25, 0.3) is 0 Å². The van der Waals surface area contributed by atoms with Crippen LogP contribution < -0.4 is 0 Å². The summed E-state index contributed by atoms with van der Waals surface area (Å²) < 4.78 is -1.20. The molecule has 0 aliphatic carbocycles. The van der Waals surface area contributed by atoms with Gasteiger partial charge in [0, 0.05) is 6.20 Å². The zero-order valence-electron chi connectivity index (χ0n) is 5.75. The molecule has 0 spiro atoms. The second-order valence-electron chi connectivity index (χ2n) is 2.31. The van der Waals surface area contributed by atoms with Crippen molar-refractivity contribution in [1.29, 1.82) is 0 Å². The van der Waals surface area contributed by atoms with E-state index in [1.807, 2.05) is 0 Å². The molecule has 5 heteroatoms. The van der Waals surface area contributed by atoms with Crippen molar-refractivity contribution >= 4 is 40.1 Å². The van der Waals surface area contributed by atoms with Gasteiger partial charge in [0.15, 0.2) is 0 Å². The molecule has 0 unspecified atom stereocenters. The molecular formula is C7H3Cl2NOS. The predicted molar refractivity (Wildman–Crippen MR) is 49.5 cm³/mol. The van der Waals surface area contributed by atoms with Crippen LogP contribution in [0.25, 0.3) is 0 Å². The number of hydrogen-bond donors (Lipinski definition) is 0. The second kappa shape index (κ2) is 2.62. The lowest BCUT2D eigenvalue weighted by atomic mass is 10.2. The molecule has 2 heterocycles. The van der Waals surface area contributed by atoms with Crippen LogP contribution in [-0.4, -0.2) is 10.1 Å². The monoisotopic (exact) mass is 219 g/mol. The predicted octanol–water partition coefficient (Wildman–Crippen LogP) is 2.56. The van der Waals surface area contributed by atoms with Crippen LogP contribution in [0.3, 0.4) is 0 Å². The molecule has 0 saturated carbocycles. The van der Waals surface area contributed by atoms with E-state index in [1.165, 1.54) is 0 Å². The third-order valence-electron chi connectivity index (χ3n) is 1.52. The molecule has 1 aromatic rings. The molecule has 1 aromatic heterocycles. The Bertz CT molecular complexity index is 353. The maximum Gasteiger partial charge on any atom is 0.224 e. The average Bonchev–Trinajstić information content (AvgIpc) is 2.25. The van der Waals surface area contributed by atoms with Crippen LogP contribution in [0.4, 0.5) is 0 Å². The zero-order chi connectivity index (χ0) is 8.77. The Morgan fingerprint density at radius 2 is 2.25 bits per heavy atom. The number of alkyl halides is 2. The summed E-state index contributed by atoms with van der Waals surface area (Å²) in [6.07, 6.45) is 1.57. The average molecular weight is 220 g/mol. The lowest BCUT2D eigenvalue weighted by Crippen LogP contribution is -2.02. The van der Waals surface area contributed by atoms with Crippen molar-refractivity contribution in [2.45, 2.75) is 3.67 Å². The molecule has 0 amide bonds. The minimum absolute atomic E-state index is 0.122. The minimum atomic E-state index is -1.20. The molecule has 0 bridgehead atoms. The van der Waals surface area contributed by atoms with E-state index >= 15 is 0 Å². The highest BCUT2D eigenvalue weighted by molar-refractivity contribution is 8.17. The number of aromatic nitrogens is 1. The number of hydrogen-bond acceptors (Lipinski definition) is 3. The van der Waals surface area contributed by atoms with E-state index in [0.717, 1.165) is 11.8 Å². The van der Waals surface area contributed by atoms with Crippen LogP contribution in [0, 0.1) is 0 Å². The topological polar surface area (TPSA) is 30.0 Å². The smallest absolute Gasteiger partial charge is 0.224 e. The van der Waals surface area contributed by atoms with Gasteiger partial charge < -0.3 is 0 Å². The van der Waals surface area contributed by atoms with E-state index in [1.54, 1.807) is 18.3 Å². The van der Waals surface area contributed by atoms with Crippen molar-refractivity contribution in [3.8, 4) is 0 Å². The first-order valence-corrected chi connectivity index (χ1v) is 4.75. The van der Waals surface area contributed by atoms with E-state index in [0.29, 0.717) is 11.3 Å². The third kappa shape index (κ3) is 1.13. The van der Waals surface area contributed by atoms with Crippen molar-refractivity contribution in [2.24, 2.45) is 0 Å². The van der Waals surface area contributed by atoms with Crippen LogP contribution in [-0.2, 0) is 3.67 Å². The van der Waals surface area contributed by atoms with Crippen molar-refractivity contribution in [2.75, 3.05) is 0 Å². The zero-order valence-corrected chi connectivity index (χ0v) is 8.08. The third-order valence-corrected chi connectivity index (χ3v) is 3.20. The van der Waals surface area contributed by atoms with Crippen molar-refractivity contribution in [3.63, 3.8) is 0 Å². The molecule has 0 fully saturated rings. The lowest BCUT2D eigenvalue weighted by molar-refractivity contribution is 0.109. The Morgan fingerprint density at radius 3 is 2.92 bits per heavy atom. The van der Waals surface area contributed by atoms with Gasteiger partial charge in [-0.25, -0.2) is 0 Å². The fraction of sp³-hybridized carbons (Fsp3) is 0.143. The highest BCUT2D eigenvalue weighted by Gasteiger charge is 2.42. The molecule has 0 saturated heterocycles. The van der Waals surface area contributed by atoms with Crippen molar-refractivity contribution < 1.29 is 4.79 Å². The SMILES string of the molecule is O=C1SC(Cl)(Cl)c2ncccc21. The Labute approximate surface area is 83.3 Å². The summed E-state index contributed by atoms with van der Waals surface area (Å²) in [4.78, 5) is 15.2. The van der Waals surface area contributed by atoms with Gasteiger partial charge in [0.05, 0.1) is 11.3 Å². The van der Waals surface area contributed by atoms with E-state index in [4.69, 9.17) is 23.2 Å². The van der Waals surface area contributed by atoms with Gasteiger partial charge >= 0.3 is 0 Å². The van der Waals surface area contributed by atoms with Crippen LogP contribution >= 0.6 is 35.0 Å². The molecule has 0 radical (unpaired) electrons. The van der Waals surface area contributed by atoms with E-state index in [-0.39, 0.29) is 5.12 Å². The first kappa shape index (κ1) is 8.35. The summed E-state index contributed by atoms with van der Waals surface area (Å²) in [5.41, 5.74) is 0.954. The standard InChI is InChI=1S/C7H3Cl2NOS/c8-7(9)5-4(6(11)12-7)2-1-3-10-5/h1-3H. The fourth-order valence-corrected chi connectivity index (χ4v) is 2.51. The molecular weight excluding hydrogens is 217 g/mol. The second-order valence-corrected chi connectivity index (χ2v) is 5.27. The molecule has 2 rings (SSSR count). The molecule has 0 aromatic carbocycles. The molecule has 62 valence electrons. The summed E-state index contributed by atoms with van der Waals surface area (Å²) in [5, 5.41) is -0.122. The maximum atomic E-state index is 11.2. The van der Waals surface area contributed by atoms with E-state index in [2.05, 4.69) is 4.98 Å². The maximum absolute atomic E-state index is 11.2. The van der Waals surface area contributed by atoms with E-state index in [9.17, 15) is 4.79 Å². The number of carbonyl (C=O) groups is 1. The Morgan fingerprint density at radius 1 is 1.50 bits per heavy atom. The number of fused-ring (bicyclic) bond motifs is 1. The number of rotatable bonds is 0. The largest absolute Gasteiger partial charge is 0.281 e. The van der Waals surface area contributed by atoms with Crippen LogP contribution in [0.5, 0.6) is 0 Å². The number of halogens is 2. The van der Waals surface area contributed by atoms with Gasteiger partial charge in [-0.3, -0.25) is 9.78 Å².